The standard InChI is InChI=1S/C28H28N2O4/c1-28(2,3)34-27(32)30-25(17-19-11-5-4-6-12-19)26(31)33-18-22-20-13-7-9-15-23(20)29-24-16-10-8-14-21(22)24/h4-16,25H,17-18H2,1-3H3,(H,30,32)/t25-/m0/s1. The highest BCUT2D eigenvalue weighted by atomic mass is 16.6. The zero-order valence-electron chi connectivity index (χ0n) is 19.6. The van der Waals surface area contributed by atoms with Crippen molar-refractivity contribution in [3.63, 3.8) is 0 Å². The Kier molecular flexibility index (Phi) is 6.77. The van der Waals surface area contributed by atoms with Gasteiger partial charge in [0, 0.05) is 22.8 Å². The van der Waals surface area contributed by atoms with Crippen LogP contribution in [0.3, 0.4) is 0 Å². The third-order valence-corrected chi connectivity index (χ3v) is 5.32. The monoisotopic (exact) mass is 456 g/mol. The van der Waals surface area contributed by atoms with Gasteiger partial charge in [0.2, 0.25) is 0 Å². The molecule has 0 saturated carbocycles. The fourth-order valence-electron chi connectivity index (χ4n) is 3.82. The van der Waals surface area contributed by atoms with Crippen LogP contribution in [0.15, 0.2) is 78.9 Å². The van der Waals surface area contributed by atoms with Crippen molar-refractivity contribution in [1.29, 1.82) is 0 Å². The molecule has 1 N–H and O–H groups in total. The highest BCUT2D eigenvalue weighted by Crippen LogP contribution is 2.26. The van der Waals surface area contributed by atoms with E-state index >= 15 is 0 Å². The van der Waals surface area contributed by atoms with Gasteiger partial charge in [0.25, 0.3) is 0 Å². The van der Waals surface area contributed by atoms with Crippen LogP contribution in [0, 0.1) is 0 Å². The molecule has 174 valence electrons. The normalized spacial score (nSPS) is 12.3. The topological polar surface area (TPSA) is 77.5 Å². The number of rotatable bonds is 6. The van der Waals surface area contributed by atoms with Gasteiger partial charge in [-0.3, -0.25) is 0 Å². The molecule has 1 aromatic heterocycles. The summed E-state index contributed by atoms with van der Waals surface area (Å²) in [6.07, 6.45) is -0.373. The summed E-state index contributed by atoms with van der Waals surface area (Å²) in [4.78, 5) is 30.3. The third-order valence-electron chi connectivity index (χ3n) is 5.32. The molecule has 0 bridgehead atoms. The lowest BCUT2D eigenvalue weighted by Gasteiger charge is -2.23. The lowest BCUT2D eigenvalue weighted by atomic mass is 10.0. The highest BCUT2D eigenvalue weighted by Gasteiger charge is 2.26. The number of alkyl carbamates (subject to hydrolysis) is 1. The zero-order chi connectivity index (χ0) is 24.1. The zero-order valence-corrected chi connectivity index (χ0v) is 19.6. The maximum Gasteiger partial charge on any atom is 0.408 e. The number of aromatic nitrogens is 1. The Hall–Kier alpha value is -3.93. The number of nitrogens with one attached hydrogen (secondary N) is 1. The molecule has 3 aromatic carbocycles. The van der Waals surface area contributed by atoms with Crippen molar-refractivity contribution < 1.29 is 19.1 Å². The molecular formula is C28H28N2O4. The molecule has 0 spiro atoms. The van der Waals surface area contributed by atoms with Crippen LogP contribution in [0.25, 0.3) is 21.8 Å². The van der Waals surface area contributed by atoms with Crippen LogP contribution in [0.4, 0.5) is 4.79 Å². The second-order valence-electron chi connectivity index (χ2n) is 9.12. The summed E-state index contributed by atoms with van der Waals surface area (Å²) in [6, 6.07) is 24.2. The highest BCUT2D eigenvalue weighted by molar-refractivity contribution is 5.97. The largest absolute Gasteiger partial charge is 0.459 e. The van der Waals surface area contributed by atoms with E-state index in [9.17, 15) is 9.59 Å². The van der Waals surface area contributed by atoms with Crippen LogP contribution in [0.2, 0.25) is 0 Å². The summed E-state index contributed by atoms with van der Waals surface area (Å²) in [5, 5.41) is 4.53. The summed E-state index contributed by atoms with van der Waals surface area (Å²) < 4.78 is 11.1. The second-order valence-corrected chi connectivity index (χ2v) is 9.12. The first-order valence-corrected chi connectivity index (χ1v) is 11.3. The second kappa shape index (κ2) is 9.91. The van der Waals surface area contributed by atoms with Gasteiger partial charge in [-0.25, -0.2) is 14.6 Å². The van der Waals surface area contributed by atoms with E-state index in [4.69, 9.17) is 14.5 Å². The third kappa shape index (κ3) is 5.70. The molecule has 0 saturated heterocycles. The first kappa shape index (κ1) is 23.2. The molecule has 6 nitrogen and oxygen atoms in total. The van der Waals surface area contributed by atoms with Crippen LogP contribution in [0.1, 0.15) is 31.9 Å². The number of fused-ring (bicyclic) bond motifs is 2. The molecule has 4 aromatic rings. The first-order valence-electron chi connectivity index (χ1n) is 11.3. The summed E-state index contributed by atoms with van der Waals surface area (Å²) >= 11 is 0. The van der Waals surface area contributed by atoms with Gasteiger partial charge in [-0.15, -0.1) is 0 Å². The van der Waals surface area contributed by atoms with E-state index < -0.39 is 23.7 Å². The Bertz CT molecular complexity index is 1260. The Morgan fingerprint density at radius 1 is 0.853 bits per heavy atom. The van der Waals surface area contributed by atoms with Crippen molar-refractivity contribution in [2.75, 3.05) is 0 Å². The van der Waals surface area contributed by atoms with E-state index in [1.807, 2.05) is 78.9 Å². The average Bonchev–Trinajstić information content (AvgIpc) is 2.80. The van der Waals surface area contributed by atoms with Crippen molar-refractivity contribution >= 4 is 33.9 Å². The molecule has 0 aliphatic carbocycles. The number of carbonyl (C=O) groups is 2. The molecule has 0 aliphatic heterocycles. The Morgan fingerprint density at radius 2 is 1.41 bits per heavy atom. The number of hydrogen-bond acceptors (Lipinski definition) is 5. The molecular weight excluding hydrogens is 428 g/mol. The van der Waals surface area contributed by atoms with E-state index in [0.717, 1.165) is 32.9 Å². The SMILES string of the molecule is CC(C)(C)OC(=O)N[C@@H](Cc1ccccc1)C(=O)OCc1c2ccccc2nc2ccccc12. The number of amides is 1. The predicted molar refractivity (Wildman–Crippen MR) is 132 cm³/mol. The molecule has 1 atom stereocenters. The lowest BCUT2D eigenvalue weighted by Crippen LogP contribution is -2.45. The maximum atomic E-state index is 13.2. The minimum atomic E-state index is -0.892. The van der Waals surface area contributed by atoms with Gasteiger partial charge >= 0.3 is 12.1 Å². The summed E-state index contributed by atoms with van der Waals surface area (Å²) in [5.74, 6) is -0.528. The fraction of sp³-hybridized carbons (Fsp3) is 0.250. The van der Waals surface area contributed by atoms with Crippen LogP contribution in [-0.4, -0.2) is 28.7 Å². The quantitative estimate of drug-likeness (QED) is 0.303. The van der Waals surface area contributed by atoms with Gasteiger partial charge in [-0.1, -0.05) is 66.7 Å². The molecule has 0 aliphatic rings. The van der Waals surface area contributed by atoms with Gasteiger partial charge in [0.1, 0.15) is 18.2 Å². The van der Waals surface area contributed by atoms with Crippen molar-refractivity contribution in [2.45, 2.75) is 45.4 Å². The van der Waals surface area contributed by atoms with E-state index in [1.165, 1.54) is 0 Å². The first-order chi connectivity index (χ1) is 16.3. The van der Waals surface area contributed by atoms with Crippen molar-refractivity contribution in [1.82, 2.24) is 10.3 Å². The van der Waals surface area contributed by atoms with Crippen LogP contribution in [-0.2, 0) is 27.3 Å². The van der Waals surface area contributed by atoms with Crippen molar-refractivity contribution in [3.05, 3.63) is 90.0 Å². The smallest absolute Gasteiger partial charge is 0.408 e. The average molecular weight is 457 g/mol. The van der Waals surface area contributed by atoms with Gasteiger partial charge < -0.3 is 14.8 Å². The maximum absolute atomic E-state index is 13.2. The minimum absolute atomic E-state index is 0.0592. The number of benzene rings is 3. The predicted octanol–water partition coefficient (Wildman–Crippen LogP) is 5.57. The summed E-state index contributed by atoms with van der Waals surface area (Å²) in [6.45, 7) is 5.38. The van der Waals surface area contributed by atoms with Gasteiger partial charge in [-0.2, -0.15) is 0 Å². The van der Waals surface area contributed by atoms with Crippen LogP contribution >= 0.6 is 0 Å². The number of hydrogen-bond donors (Lipinski definition) is 1. The van der Waals surface area contributed by atoms with Gasteiger partial charge in [0.05, 0.1) is 11.0 Å². The molecule has 34 heavy (non-hydrogen) atoms. The Morgan fingerprint density at radius 3 is 2.00 bits per heavy atom. The van der Waals surface area contributed by atoms with Crippen molar-refractivity contribution in [3.8, 4) is 0 Å². The lowest BCUT2D eigenvalue weighted by molar-refractivity contribution is -0.147. The molecule has 6 heteroatoms. The molecule has 0 fully saturated rings. The van der Waals surface area contributed by atoms with E-state index in [2.05, 4.69) is 5.32 Å². The Labute approximate surface area is 198 Å². The van der Waals surface area contributed by atoms with Crippen LogP contribution < -0.4 is 5.32 Å². The number of para-hydroxylation sites is 2. The number of nitrogens with zero attached hydrogens (tertiary/aromatic N) is 1. The summed E-state index contributed by atoms with van der Waals surface area (Å²) in [7, 11) is 0. The minimum Gasteiger partial charge on any atom is -0.459 e. The Balaban J connectivity index is 1.58. The summed E-state index contributed by atoms with van der Waals surface area (Å²) in [5.41, 5.74) is 2.77. The molecule has 1 amide bonds. The molecule has 0 unspecified atom stereocenters. The fourth-order valence-corrected chi connectivity index (χ4v) is 3.82. The van der Waals surface area contributed by atoms with E-state index in [1.54, 1.807) is 20.8 Å². The molecule has 4 rings (SSSR count). The van der Waals surface area contributed by atoms with Crippen molar-refractivity contribution in [2.24, 2.45) is 0 Å². The number of ether oxygens (including phenoxy) is 2. The van der Waals surface area contributed by atoms with E-state index in [-0.39, 0.29) is 13.0 Å². The number of esters is 1. The number of carbonyl (C=O) groups excluding carboxylic acids is 2. The van der Waals surface area contributed by atoms with Gasteiger partial charge in [-0.05, 0) is 38.5 Å². The number of pyridine rings is 1. The molecule has 0 radical (unpaired) electrons. The molecule has 1 heterocycles. The van der Waals surface area contributed by atoms with Crippen LogP contribution in [0.5, 0.6) is 0 Å². The van der Waals surface area contributed by atoms with E-state index in [0.29, 0.717) is 0 Å². The van der Waals surface area contributed by atoms with Gasteiger partial charge in [0.15, 0.2) is 0 Å².